The molecule has 0 bridgehead atoms. The molecule has 126 valence electrons. The van der Waals surface area contributed by atoms with Gasteiger partial charge in [0.15, 0.2) is 0 Å². The lowest BCUT2D eigenvalue weighted by Crippen LogP contribution is -2.37. The number of hydrogen-bond acceptors (Lipinski definition) is 3. The molecule has 0 unspecified atom stereocenters. The molecule has 1 amide bonds. The number of amides is 1. The largest absolute Gasteiger partial charge is 0.328 e. The van der Waals surface area contributed by atoms with Crippen molar-refractivity contribution in [3.05, 3.63) is 57.8 Å². The van der Waals surface area contributed by atoms with Crippen molar-refractivity contribution in [2.75, 3.05) is 0 Å². The van der Waals surface area contributed by atoms with Gasteiger partial charge in [0.1, 0.15) is 0 Å². The first-order valence-electron chi connectivity index (χ1n) is 8.34. The molecule has 4 heteroatoms. The maximum Gasteiger partial charge on any atom is 0.295 e. The van der Waals surface area contributed by atoms with Crippen LogP contribution in [0.15, 0.2) is 41.8 Å². The molecular formula is C20H23NO2S. The Balaban J connectivity index is 1.76. The van der Waals surface area contributed by atoms with Gasteiger partial charge in [-0.2, -0.15) is 0 Å². The molecule has 1 aliphatic carbocycles. The summed E-state index contributed by atoms with van der Waals surface area (Å²) in [4.78, 5) is 28.2. The molecule has 0 saturated heterocycles. The van der Waals surface area contributed by atoms with Crippen molar-refractivity contribution < 1.29 is 9.59 Å². The van der Waals surface area contributed by atoms with Crippen LogP contribution in [0.2, 0.25) is 0 Å². The molecule has 1 aromatic heterocycles. The van der Waals surface area contributed by atoms with E-state index in [9.17, 15) is 9.59 Å². The lowest BCUT2D eigenvalue weighted by Gasteiger charge is -2.21. The van der Waals surface area contributed by atoms with Gasteiger partial charge >= 0.3 is 0 Å². The molecule has 0 atom stereocenters. The van der Waals surface area contributed by atoms with E-state index in [4.69, 9.17) is 0 Å². The summed E-state index contributed by atoms with van der Waals surface area (Å²) in [6.07, 6.45) is 1.99. The van der Waals surface area contributed by atoms with Crippen molar-refractivity contribution in [1.82, 2.24) is 4.90 Å². The number of rotatable bonds is 5. The van der Waals surface area contributed by atoms with Gasteiger partial charge in [-0.25, -0.2) is 0 Å². The third-order valence-electron chi connectivity index (χ3n) is 4.36. The maximum atomic E-state index is 12.7. The molecular weight excluding hydrogens is 318 g/mol. The third kappa shape index (κ3) is 3.75. The van der Waals surface area contributed by atoms with E-state index in [0.29, 0.717) is 12.1 Å². The molecule has 2 aromatic rings. The van der Waals surface area contributed by atoms with Crippen LogP contribution in [0.4, 0.5) is 0 Å². The van der Waals surface area contributed by atoms with Gasteiger partial charge in [-0.1, -0.05) is 51.1 Å². The number of carbonyl (C=O) groups excluding carboxylic acids is 2. The molecule has 24 heavy (non-hydrogen) atoms. The minimum atomic E-state index is -0.404. The van der Waals surface area contributed by atoms with Gasteiger partial charge in [0.2, 0.25) is 5.78 Å². The predicted octanol–water partition coefficient (Wildman–Crippen LogP) is 4.42. The van der Waals surface area contributed by atoms with Gasteiger partial charge in [0, 0.05) is 16.5 Å². The van der Waals surface area contributed by atoms with E-state index in [2.05, 4.69) is 20.8 Å². The molecule has 0 spiro atoms. The fourth-order valence-corrected chi connectivity index (χ4v) is 3.40. The SMILES string of the molecule is CC(C)(C)c1ccc(C(=O)C(=O)N(Cc2cccs2)C2CC2)cc1. The first-order valence-corrected chi connectivity index (χ1v) is 9.22. The van der Waals surface area contributed by atoms with Crippen LogP contribution in [0, 0.1) is 0 Å². The molecule has 0 N–H and O–H groups in total. The van der Waals surface area contributed by atoms with Gasteiger partial charge in [-0.05, 0) is 35.3 Å². The third-order valence-corrected chi connectivity index (χ3v) is 5.22. The Bertz CT molecular complexity index is 722. The van der Waals surface area contributed by atoms with Gasteiger partial charge in [-0.15, -0.1) is 11.3 Å². The van der Waals surface area contributed by atoms with Gasteiger partial charge in [0.25, 0.3) is 5.91 Å². The zero-order valence-corrected chi connectivity index (χ0v) is 15.2. The van der Waals surface area contributed by atoms with Crippen LogP contribution < -0.4 is 0 Å². The van der Waals surface area contributed by atoms with Crippen molar-refractivity contribution >= 4 is 23.0 Å². The summed E-state index contributed by atoms with van der Waals surface area (Å²) in [6.45, 7) is 6.92. The number of benzene rings is 1. The van der Waals surface area contributed by atoms with E-state index in [1.165, 1.54) is 0 Å². The van der Waals surface area contributed by atoms with Crippen LogP contribution in [0.25, 0.3) is 0 Å². The van der Waals surface area contributed by atoms with Gasteiger partial charge in [0.05, 0.1) is 6.54 Å². The molecule has 1 fully saturated rings. The minimum Gasteiger partial charge on any atom is -0.328 e. The number of Topliss-reactive ketones (excluding diaryl/α,β-unsaturated/α-hetero) is 1. The molecule has 1 heterocycles. The highest BCUT2D eigenvalue weighted by atomic mass is 32.1. The predicted molar refractivity (Wildman–Crippen MR) is 97.4 cm³/mol. The van der Waals surface area contributed by atoms with Crippen LogP contribution in [0.1, 0.15) is 54.4 Å². The lowest BCUT2D eigenvalue weighted by molar-refractivity contribution is -0.127. The fraction of sp³-hybridized carbons (Fsp3) is 0.400. The lowest BCUT2D eigenvalue weighted by atomic mass is 9.86. The monoisotopic (exact) mass is 341 g/mol. The summed E-state index contributed by atoms with van der Waals surface area (Å²) >= 11 is 1.62. The topological polar surface area (TPSA) is 37.4 Å². The smallest absolute Gasteiger partial charge is 0.295 e. The second-order valence-electron chi connectivity index (χ2n) is 7.40. The highest BCUT2D eigenvalue weighted by Gasteiger charge is 2.36. The summed E-state index contributed by atoms with van der Waals surface area (Å²) in [6, 6.07) is 11.6. The van der Waals surface area contributed by atoms with Crippen molar-refractivity contribution in [3.63, 3.8) is 0 Å². The Kier molecular flexibility index (Phi) is 4.59. The number of thiophene rings is 1. The fourth-order valence-electron chi connectivity index (χ4n) is 2.70. The maximum absolute atomic E-state index is 12.7. The Labute approximate surface area is 147 Å². The van der Waals surface area contributed by atoms with Crippen LogP contribution in [0.5, 0.6) is 0 Å². The summed E-state index contributed by atoms with van der Waals surface area (Å²) < 4.78 is 0. The minimum absolute atomic E-state index is 0.0325. The Hall–Kier alpha value is -1.94. The molecule has 0 aliphatic heterocycles. The second kappa shape index (κ2) is 6.52. The van der Waals surface area contributed by atoms with Crippen molar-refractivity contribution in [3.8, 4) is 0 Å². The van der Waals surface area contributed by atoms with Crippen molar-refractivity contribution in [2.24, 2.45) is 0 Å². The zero-order valence-electron chi connectivity index (χ0n) is 14.4. The van der Waals surface area contributed by atoms with Crippen molar-refractivity contribution in [1.29, 1.82) is 0 Å². The standard InChI is InChI=1S/C20H23NO2S/c1-20(2,3)15-8-6-14(7-9-15)18(22)19(23)21(16-10-11-16)13-17-5-4-12-24-17/h4-9,12,16H,10-11,13H2,1-3H3. The Morgan fingerprint density at radius 1 is 1.12 bits per heavy atom. The van der Waals surface area contributed by atoms with E-state index < -0.39 is 5.78 Å². The van der Waals surface area contributed by atoms with Gasteiger partial charge in [-0.3, -0.25) is 9.59 Å². The molecule has 1 aromatic carbocycles. The molecule has 3 rings (SSSR count). The first kappa shape index (κ1) is 16.9. The molecule has 0 radical (unpaired) electrons. The first-order chi connectivity index (χ1) is 11.4. The van der Waals surface area contributed by atoms with E-state index in [0.717, 1.165) is 23.3 Å². The highest BCUT2D eigenvalue weighted by molar-refractivity contribution is 7.09. The number of hydrogen-bond donors (Lipinski definition) is 0. The average Bonchev–Trinajstić information content (AvgIpc) is 3.27. The van der Waals surface area contributed by atoms with Crippen LogP contribution in [0.3, 0.4) is 0 Å². The van der Waals surface area contributed by atoms with E-state index in [1.54, 1.807) is 28.4 Å². The summed E-state index contributed by atoms with van der Waals surface area (Å²) in [5.41, 5.74) is 1.67. The van der Waals surface area contributed by atoms with Crippen LogP contribution in [-0.2, 0) is 16.8 Å². The average molecular weight is 341 g/mol. The summed E-state index contributed by atoms with van der Waals surface area (Å²) in [5, 5.41) is 2.00. The summed E-state index contributed by atoms with van der Waals surface area (Å²) in [5.74, 6) is -0.784. The normalized spacial score (nSPS) is 14.5. The number of nitrogens with zero attached hydrogens (tertiary/aromatic N) is 1. The zero-order chi connectivity index (χ0) is 17.3. The Morgan fingerprint density at radius 3 is 2.29 bits per heavy atom. The van der Waals surface area contributed by atoms with E-state index in [1.807, 2.05) is 29.6 Å². The van der Waals surface area contributed by atoms with E-state index >= 15 is 0 Å². The molecule has 1 aliphatic rings. The highest BCUT2D eigenvalue weighted by Crippen LogP contribution is 2.30. The number of carbonyl (C=O) groups is 2. The van der Waals surface area contributed by atoms with Gasteiger partial charge < -0.3 is 4.90 Å². The van der Waals surface area contributed by atoms with Crippen LogP contribution in [-0.4, -0.2) is 22.6 Å². The second-order valence-corrected chi connectivity index (χ2v) is 8.43. The summed E-state index contributed by atoms with van der Waals surface area (Å²) in [7, 11) is 0. The molecule has 1 saturated carbocycles. The van der Waals surface area contributed by atoms with E-state index in [-0.39, 0.29) is 17.4 Å². The molecule has 3 nitrogen and oxygen atoms in total. The van der Waals surface area contributed by atoms with Crippen molar-refractivity contribution in [2.45, 2.75) is 51.6 Å². The quantitative estimate of drug-likeness (QED) is 0.596. The van der Waals surface area contributed by atoms with Crippen LogP contribution >= 0.6 is 11.3 Å². The Morgan fingerprint density at radius 2 is 1.79 bits per heavy atom. The number of ketones is 1.